The van der Waals surface area contributed by atoms with Crippen molar-refractivity contribution in [3.05, 3.63) is 23.8 Å². The highest BCUT2D eigenvalue weighted by molar-refractivity contribution is 5.42. The number of rotatable bonds is 8. The fraction of sp³-hybridized carbons (Fsp3) is 0.571. The molecule has 0 bridgehead atoms. The van der Waals surface area contributed by atoms with Crippen LogP contribution in [0.15, 0.2) is 18.2 Å². The average Bonchev–Trinajstić information content (AvgIpc) is 2.39. The maximum Gasteiger partial charge on any atom is 0.160 e. The molecule has 19 heavy (non-hydrogen) atoms. The van der Waals surface area contributed by atoms with E-state index in [4.69, 9.17) is 14.6 Å². The van der Waals surface area contributed by atoms with Gasteiger partial charge in [-0.2, -0.15) is 0 Å². The number of hydrogen-bond acceptors (Lipinski definition) is 5. The summed E-state index contributed by atoms with van der Waals surface area (Å²) in [6, 6.07) is 5.42. The first-order valence-corrected chi connectivity index (χ1v) is 6.35. The molecular formula is C14H23NO4. The van der Waals surface area contributed by atoms with Crippen molar-refractivity contribution in [2.75, 3.05) is 27.4 Å². The van der Waals surface area contributed by atoms with Crippen LogP contribution in [0.5, 0.6) is 11.5 Å². The molecule has 0 spiro atoms. The monoisotopic (exact) mass is 269 g/mol. The molecule has 0 aliphatic carbocycles. The van der Waals surface area contributed by atoms with Crippen LogP contribution in [0.1, 0.15) is 24.9 Å². The van der Waals surface area contributed by atoms with Gasteiger partial charge in [0.1, 0.15) is 0 Å². The fourth-order valence-corrected chi connectivity index (χ4v) is 1.99. The topological polar surface area (TPSA) is 71.0 Å². The van der Waals surface area contributed by atoms with Gasteiger partial charge >= 0.3 is 0 Å². The van der Waals surface area contributed by atoms with E-state index < -0.39 is 0 Å². The van der Waals surface area contributed by atoms with Crippen LogP contribution in [0, 0.1) is 0 Å². The first-order chi connectivity index (χ1) is 9.12. The molecule has 2 atom stereocenters. The van der Waals surface area contributed by atoms with E-state index >= 15 is 0 Å². The second kappa shape index (κ2) is 7.99. The summed E-state index contributed by atoms with van der Waals surface area (Å²) in [6.07, 6.45) is 0.632. The van der Waals surface area contributed by atoms with Gasteiger partial charge in [-0.1, -0.05) is 6.07 Å². The predicted octanol–water partition coefficient (Wildman–Crippen LogP) is 1.45. The lowest BCUT2D eigenvalue weighted by Gasteiger charge is -2.23. The third-order valence-electron chi connectivity index (χ3n) is 3.03. The third-order valence-corrected chi connectivity index (χ3v) is 3.03. The summed E-state index contributed by atoms with van der Waals surface area (Å²) in [5, 5.41) is 22.0. The van der Waals surface area contributed by atoms with E-state index in [1.54, 1.807) is 19.2 Å². The van der Waals surface area contributed by atoms with Crippen molar-refractivity contribution >= 4 is 0 Å². The Hall–Kier alpha value is -1.30. The number of hydrogen-bond donors (Lipinski definition) is 3. The highest BCUT2D eigenvalue weighted by Gasteiger charge is 2.14. The van der Waals surface area contributed by atoms with Gasteiger partial charge in [0.2, 0.25) is 0 Å². The van der Waals surface area contributed by atoms with Gasteiger partial charge in [-0.05, 0) is 31.0 Å². The van der Waals surface area contributed by atoms with Crippen LogP contribution in [0.4, 0.5) is 0 Å². The molecule has 0 aromatic heterocycles. The molecule has 0 aliphatic rings. The lowest BCUT2D eigenvalue weighted by molar-refractivity contribution is 0.143. The maximum absolute atomic E-state index is 9.57. The van der Waals surface area contributed by atoms with E-state index in [2.05, 4.69) is 5.32 Å². The van der Waals surface area contributed by atoms with Crippen molar-refractivity contribution in [2.24, 2.45) is 0 Å². The summed E-state index contributed by atoms with van der Waals surface area (Å²) in [5.74, 6) is 0.582. The van der Waals surface area contributed by atoms with Gasteiger partial charge in [0.05, 0.1) is 13.7 Å². The highest BCUT2D eigenvalue weighted by atomic mass is 16.5. The molecule has 0 radical (unpaired) electrons. The zero-order chi connectivity index (χ0) is 14.3. The van der Waals surface area contributed by atoms with Crippen LogP contribution >= 0.6 is 0 Å². The van der Waals surface area contributed by atoms with Crippen LogP contribution in [-0.2, 0) is 4.74 Å². The Morgan fingerprint density at radius 2 is 2.05 bits per heavy atom. The van der Waals surface area contributed by atoms with E-state index in [0.29, 0.717) is 18.8 Å². The molecule has 1 aromatic carbocycles. The lowest BCUT2D eigenvalue weighted by Crippen LogP contribution is -2.36. The van der Waals surface area contributed by atoms with Crippen LogP contribution in [-0.4, -0.2) is 43.7 Å². The number of benzene rings is 1. The Morgan fingerprint density at radius 1 is 1.32 bits per heavy atom. The largest absolute Gasteiger partial charge is 0.504 e. The molecular weight excluding hydrogens is 246 g/mol. The van der Waals surface area contributed by atoms with E-state index in [0.717, 1.165) is 5.56 Å². The molecule has 0 amide bonds. The molecule has 2 unspecified atom stereocenters. The van der Waals surface area contributed by atoms with Gasteiger partial charge in [0, 0.05) is 25.8 Å². The number of methoxy groups -OCH3 is 2. The van der Waals surface area contributed by atoms with E-state index in [9.17, 15) is 5.11 Å². The van der Waals surface area contributed by atoms with Gasteiger partial charge in [0.25, 0.3) is 0 Å². The molecule has 1 rings (SSSR count). The Morgan fingerprint density at radius 3 is 2.63 bits per heavy atom. The number of ether oxygens (including phenoxy) is 2. The summed E-state index contributed by atoms with van der Waals surface area (Å²) < 4.78 is 10.2. The minimum atomic E-state index is 0.0706. The maximum atomic E-state index is 9.57. The molecule has 5 heteroatoms. The van der Waals surface area contributed by atoms with Crippen LogP contribution < -0.4 is 10.1 Å². The average molecular weight is 269 g/mol. The minimum Gasteiger partial charge on any atom is -0.504 e. The van der Waals surface area contributed by atoms with Gasteiger partial charge in [0.15, 0.2) is 11.5 Å². The number of aromatic hydroxyl groups is 1. The van der Waals surface area contributed by atoms with E-state index in [-0.39, 0.29) is 24.4 Å². The lowest BCUT2D eigenvalue weighted by atomic mass is 10.1. The van der Waals surface area contributed by atoms with Crippen molar-refractivity contribution in [1.82, 2.24) is 5.32 Å². The quantitative estimate of drug-likeness (QED) is 0.666. The van der Waals surface area contributed by atoms with Crippen LogP contribution in [0.2, 0.25) is 0 Å². The van der Waals surface area contributed by atoms with Crippen molar-refractivity contribution < 1.29 is 19.7 Å². The summed E-state index contributed by atoms with van der Waals surface area (Å²) in [7, 11) is 3.16. The first-order valence-electron chi connectivity index (χ1n) is 6.35. The molecule has 5 nitrogen and oxygen atoms in total. The fourth-order valence-electron chi connectivity index (χ4n) is 1.99. The zero-order valence-corrected chi connectivity index (χ0v) is 11.7. The van der Waals surface area contributed by atoms with Gasteiger partial charge < -0.3 is 25.0 Å². The molecule has 0 heterocycles. The summed E-state index contributed by atoms with van der Waals surface area (Å²) in [6.45, 7) is 2.68. The Labute approximate surface area is 114 Å². The van der Waals surface area contributed by atoms with Crippen LogP contribution in [0.3, 0.4) is 0 Å². The molecule has 1 aromatic rings. The van der Waals surface area contributed by atoms with Crippen molar-refractivity contribution in [1.29, 1.82) is 0 Å². The number of aliphatic hydroxyl groups excluding tert-OH is 1. The normalized spacial score (nSPS) is 14.1. The zero-order valence-electron chi connectivity index (χ0n) is 11.7. The summed E-state index contributed by atoms with van der Waals surface area (Å²) in [4.78, 5) is 0. The first kappa shape index (κ1) is 15.8. The molecule has 0 saturated carbocycles. The second-order valence-corrected chi connectivity index (χ2v) is 4.48. The van der Waals surface area contributed by atoms with Gasteiger partial charge in [-0.3, -0.25) is 0 Å². The van der Waals surface area contributed by atoms with E-state index in [1.807, 2.05) is 13.0 Å². The van der Waals surface area contributed by atoms with Crippen molar-refractivity contribution in [3.63, 3.8) is 0 Å². The molecule has 0 aliphatic heterocycles. The van der Waals surface area contributed by atoms with Crippen LogP contribution in [0.25, 0.3) is 0 Å². The van der Waals surface area contributed by atoms with Crippen molar-refractivity contribution in [2.45, 2.75) is 25.4 Å². The molecule has 0 saturated heterocycles. The Balaban J connectivity index is 2.72. The Kier molecular flexibility index (Phi) is 6.62. The van der Waals surface area contributed by atoms with Crippen molar-refractivity contribution in [3.8, 4) is 11.5 Å². The number of nitrogens with one attached hydrogen (secondary N) is 1. The summed E-state index contributed by atoms with van der Waals surface area (Å²) >= 11 is 0. The van der Waals surface area contributed by atoms with E-state index in [1.165, 1.54) is 7.11 Å². The molecule has 0 fully saturated rings. The highest BCUT2D eigenvalue weighted by Crippen LogP contribution is 2.28. The van der Waals surface area contributed by atoms with Gasteiger partial charge in [-0.15, -0.1) is 0 Å². The Bertz CT molecular complexity index is 378. The number of phenols is 1. The minimum absolute atomic E-state index is 0.0706. The standard InChI is InChI=1S/C14H23NO4/c1-10(15-12(6-7-16)9-18-2)11-4-5-13(17)14(8-11)19-3/h4-5,8,10,12,15-17H,6-7,9H2,1-3H3. The predicted molar refractivity (Wildman–Crippen MR) is 73.6 cm³/mol. The molecule has 3 N–H and O–H groups in total. The SMILES string of the molecule is COCC(CCO)NC(C)c1ccc(O)c(OC)c1. The third kappa shape index (κ3) is 4.70. The molecule has 108 valence electrons. The smallest absolute Gasteiger partial charge is 0.160 e. The number of aliphatic hydroxyl groups is 1. The second-order valence-electron chi connectivity index (χ2n) is 4.48. The van der Waals surface area contributed by atoms with Gasteiger partial charge in [-0.25, -0.2) is 0 Å². The summed E-state index contributed by atoms with van der Waals surface area (Å²) in [5.41, 5.74) is 1.01. The number of phenolic OH excluding ortho intramolecular Hbond substituents is 1.